The number of aromatic amines is 1. The Labute approximate surface area is 132 Å². The summed E-state index contributed by atoms with van der Waals surface area (Å²) in [5, 5.41) is 11.1. The minimum Gasteiger partial charge on any atom is -0.354 e. The SMILES string of the molecule is O=Cc1c(-c2ccccc2C(F)(F)F)[nH]c2ccc([N+](=O)[O-])cc12. The van der Waals surface area contributed by atoms with Gasteiger partial charge in [0.2, 0.25) is 0 Å². The zero-order chi connectivity index (χ0) is 17.5. The third-order valence-electron chi connectivity index (χ3n) is 3.65. The van der Waals surface area contributed by atoms with Gasteiger partial charge in [-0.2, -0.15) is 13.2 Å². The Bertz CT molecular complexity index is 961. The molecule has 0 saturated heterocycles. The quantitative estimate of drug-likeness (QED) is 0.433. The van der Waals surface area contributed by atoms with Crippen LogP contribution in [0.2, 0.25) is 0 Å². The van der Waals surface area contributed by atoms with Crippen LogP contribution in [0.4, 0.5) is 18.9 Å². The summed E-state index contributed by atoms with van der Waals surface area (Å²) in [6, 6.07) is 8.57. The van der Waals surface area contributed by atoms with Crippen LogP contribution in [-0.4, -0.2) is 16.2 Å². The molecule has 0 saturated carbocycles. The van der Waals surface area contributed by atoms with Gasteiger partial charge in [-0.05, 0) is 12.1 Å². The van der Waals surface area contributed by atoms with Crippen molar-refractivity contribution < 1.29 is 22.9 Å². The van der Waals surface area contributed by atoms with E-state index in [0.29, 0.717) is 11.8 Å². The average molecular weight is 334 g/mol. The number of H-pyrrole nitrogens is 1. The maximum absolute atomic E-state index is 13.2. The Kier molecular flexibility index (Phi) is 3.59. The van der Waals surface area contributed by atoms with Crippen molar-refractivity contribution in [2.75, 3.05) is 0 Å². The molecule has 0 aliphatic rings. The lowest BCUT2D eigenvalue weighted by atomic mass is 10.0. The molecular weight excluding hydrogens is 325 g/mol. The number of nitro groups is 1. The van der Waals surface area contributed by atoms with Gasteiger partial charge in [-0.1, -0.05) is 18.2 Å². The van der Waals surface area contributed by atoms with Crippen molar-refractivity contribution in [3.8, 4) is 11.3 Å². The summed E-state index contributed by atoms with van der Waals surface area (Å²) >= 11 is 0. The normalized spacial score (nSPS) is 11.6. The molecule has 2 aromatic carbocycles. The van der Waals surface area contributed by atoms with Gasteiger partial charge in [0, 0.05) is 34.2 Å². The van der Waals surface area contributed by atoms with Crippen LogP contribution >= 0.6 is 0 Å². The van der Waals surface area contributed by atoms with Gasteiger partial charge in [0.05, 0.1) is 16.2 Å². The standard InChI is InChI=1S/C16H9F3N2O3/c17-16(18,19)13-4-2-1-3-10(13)15-12(8-22)11-7-9(21(23)24)5-6-14(11)20-15/h1-8,20H. The summed E-state index contributed by atoms with van der Waals surface area (Å²) in [6.45, 7) is 0. The van der Waals surface area contributed by atoms with E-state index in [4.69, 9.17) is 0 Å². The molecular formula is C16H9F3N2O3. The number of halogens is 3. The number of benzene rings is 2. The molecule has 0 amide bonds. The van der Waals surface area contributed by atoms with E-state index in [-0.39, 0.29) is 27.9 Å². The Morgan fingerprint density at radius 2 is 1.83 bits per heavy atom. The van der Waals surface area contributed by atoms with E-state index in [0.717, 1.165) is 12.1 Å². The minimum absolute atomic E-state index is 0.0200. The van der Waals surface area contributed by atoms with E-state index in [1.54, 1.807) is 0 Å². The molecule has 3 aromatic rings. The topological polar surface area (TPSA) is 76.0 Å². The number of hydrogen-bond acceptors (Lipinski definition) is 3. The van der Waals surface area contributed by atoms with E-state index < -0.39 is 16.7 Å². The summed E-state index contributed by atoms with van der Waals surface area (Å²) in [7, 11) is 0. The van der Waals surface area contributed by atoms with E-state index >= 15 is 0 Å². The molecule has 24 heavy (non-hydrogen) atoms. The minimum atomic E-state index is -4.60. The summed E-state index contributed by atoms with van der Waals surface area (Å²) in [5.41, 5.74) is -1.06. The first-order chi connectivity index (χ1) is 11.3. The van der Waals surface area contributed by atoms with Crippen LogP contribution in [0.5, 0.6) is 0 Å². The van der Waals surface area contributed by atoms with E-state index in [2.05, 4.69) is 4.98 Å². The summed E-state index contributed by atoms with van der Waals surface area (Å²) in [6.07, 6.45) is -4.20. The van der Waals surface area contributed by atoms with Crippen LogP contribution in [0, 0.1) is 10.1 Å². The molecule has 3 rings (SSSR count). The van der Waals surface area contributed by atoms with Crippen LogP contribution in [0.15, 0.2) is 42.5 Å². The second kappa shape index (κ2) is 5.48. The fourth-order valence-electron chi connectivity index (χ4n) is 2.60. The highest BCUT2D eigenvalue weighted by Gasteiger charge is 2.34. The second-order valence-corrected chi connectivity index (χ2v) is 5.06. The van der Waals surface area contributed by atoms with Gasteiger partial charge < -0.3 is 4.98 Å². The highest BCUT2D eigenvalue weighted by Crippen LogP contribution is 2.39. The molecule has 122 valence electrons. The number of nitro benzene ring substituents is 1. The molecule has 0 bridgehead atoms. The van der Waals surface area contributed by atoms with Gasteiger partial charge in [-0.25, -0.2) is 0 Å². The monoisotopic (exact) mass is 334 g/mol. The third-order valence-corrected chi connectivity index (χ3v) is 3.65. The number of hydrogen-bond donors (Lipinski definition) is 1. The lowest BCUT2D eigenvalue weighted by Gasteiger charge is -2.12. The lowest BCUT2D eigenvalue weighted by molar-refractivity contribution is -0.384. The van der Waals surface area contributed by atoms with Crippen molar-refractivity contribution >= 4 is 22.9 Å². The van der Waals surface area contributed by atoms with Gasteiger partial charge in [-0.15, -0.1) is 0 Å². The molecule has 0 spiro atoms. The molecule has 0 fully saturated rings. The third kappa shape index (κ3) is 2.51. The van der Waals surface area contributed by atoms with Crippen molar-refractivity contribution in [1.82, 2.24) is 4.98 Å². The molecule has 0 unspecified atom stereocenters. The Hall–Kier alpha value is -3.16. The van der Waals surface area contributed by atoms with Gasteiger partial charge in [-0.3, -0.25) is 14.9 Å². The van der Waals surface area contributed by atoms with E-state index in [1.165, 1.54) is 30.3 Å². The maximum Gasteiger partial charge on any atom is 0.417 e. The summed E-state index contributed by atoms with van der Waals surface area (Å²) in [4.78, 5) is 24.4. The molecule has 0 radical (unpaired) electrons. The average Bonchev–Trinajstić information content (AvgIpc) is 2.91. The van der Waals surface area contributed by atoms with E-state index in [1.807, 2.05) is 0 Å². The smallest absolute Gasteiger partial charge is 0.354 e. The van der Waals surface area contributed by atoms with Crippen molar-refractivity contribution in [3.63, 3.8) is 0 Å². The number of carbonyl (C=O) groups excluding carboxylic acids is 1. The summed E-state index contributed by atoms with van der Waals surface area (Å²) < 4.78 is 39.6. The molecule has 0 aliphatic carbocycles. The first-order valence-corrected chi connectivity index (χ1v) is 6.75. The first kappa shape index (κ1) is 15.7. The van der Waals surface area contributed by atoms with Crippen molar-refractivity contribution in [2.24, 2.45) is 0 Å². The fourth-order valence-corrected chi connectivity index (χ4v) is 2.60. The highest BCUT2D eigenvalue weighted by atomic mass is 19.4. The predicted molar refractivity (Wildman–Crippen MR) is 80.8 cm³/mol. The van der Waals surface area contributed by atoms with Crippen LogP contribution in [0.3, 0.4) is 0 Å². The second-order valence-electron chi connectivity index (χ2n) is 5.06. The molecule has 5 nitrogen and oxygen atoms in total. The number of alkyl halides is 3. The predicted octanol–water partition coefficient (Wildman–Crippen LogP) is 4.57. The number of rotatable bonds is 3. The molecule has 1 heterocycles. The molecule has 8 heteroatoms. The molecule has 1 aromatic heterocycles. The number of nitrogens with one attached hydrogen (secondary N) is 1. The maximum atomic E-state index is 13.2. The van der Waals surface area contributed by atoms with Gasteiger partial charge in [0.15, 0.2) is 6.29 Å². The highest BCUT2D eigenvalue weighted by molar-refractivity contribution is 6.05. The fraction of sp³-hybridized carbons (Fsp3) is 0.0625. The first-order valence-electron chi connectivity index (χ1n) is 6.75. The Morgan fingerprint density at radius 3 is 2.46 bits per heavy atom. The molecule has 1 N–H and O–H groups in total. The summed E-state index contributed by atoms with van der Waals surface area (Å²) in [5.74, 6) is 0. The lowest BCUT2D eigenvalue weighted by Crippen LogP contribution is -2.07. The zero-order valence-electron chi connectivity index (χ0n) is 11.9. The van der Waals surface area contributed by atoms with Crippen LogP contribution in [0.1, 0.15) is 15.9 Å². The van der Waals surface area contributed by atoms with Gasteiger partial charge in [0.1, 0.15) is 0 Å². The van der Waals surface area contributed by atoms with E-state index in [9.17, 15) is 28.1 Å². The van der Waals surface area contributed by atoms with Crippen LogP contribution < -0.4 is 0 Å². The van der Waals surface area contributed by atoms with Crippen LogP contribution in [0.25, 0.3) is 22.2 Å². The Balaban J connectivity index is 2.32. The van der Waals surface area contributed by atoms with Crippen LogP contribution in [-0.2, 0) is 6.18 Å². The molecule has 0 aliphatic heterocycles. The van der Waals surface area contributed by atoms with Crippen molar-refractivity contribution in [1.29, 1.82) is 0 Å². The van der Waals surface area contributed by atoms with Crippen molar-refractivity contribution in [3.05, 3.63) is 63.7 Å². The van der Waals surface area contributed by atoms with Gasteiger partial charge >= 0.3 is 6.18 Å². The number of nitrogens with zero attached hydrogens (tertiary/aromatic N) is 1. The largest absolute Gasteiger partial charge is 0.417 e. The number of fused-ring (bicyclic) bond motifs is 1. The zero-order valence-corrected chi connectivity index (χ0v) is 11.9. The number of aromatic nitrogens is 1. The number of carbonyl (C=O) groups is 1. The Morgan fingerprint density at radius 1 is 1.12 bits per heavy atom. The number of aldehydes is 1. The molecule has 0 atom stereocenters. The van der Waals surface area contributed by atoms with Crippen molar-refractivity contribution in [2.45, 2.75) is 6.18 Å². The van der Waals surface area contributed by atoms with Gasteiger partial charge in [0.25, 0.3) is 5.69 Å². The number of non-ortho nitro benzene ring substituents is 1.